The number of halogens is 1. The highest BCUT2D eigenvalue weighted by Crippen LogP contribution is 2.24. The molecule has 2 aromatic heterocycles. The van der Waals surface area contributed by atoms with E-state index < -0.39 is 6.23 Å². The molecule has 0 aliphatic carbocycles. The molecule has 2 heterocycles. The second kappa shape index (κ2) is 7.71. The van der Waals surface area contributed by atoms with Gasteiger partial charge in [0.25, 0.3) is 0 Å². The lowest BCUT2D eigenvalue weighted by Crippen LogP contribution is -2.28. The molecule has 0 aliphatic heterocycles. The van der Waals surface area contributed by atoms with Gasteiger partial charge in [-0.05, 0) is 36.8 Å². The molecule has 0 saturated carbocycles. The Bertz CT molecular complexity index is 874. The van der Waals surface area contributed by atoms with Crippen LogP contribution in [0.2, 0.25) is 0 Å². The molecule has 1 aromatic carbocycles. The number of H-pyrrole nitrogens is 1. The van der Waals surface area contributed by atoms with Crippen molar-refractivity contribution in [1.82, 2.24) is 20.2 Å². The van der Waals surface area contributed by atoms with Crippen molar-refractivity contribution >= 4 is 11.8 Å². The number of aliphatic hydroxyl groups is 1. The van der Waals surface area contributed by atoms with E-state index in [1.807, 2.05) is 12.1 Å². The van der Waals surface area contributed by atoms with Gasteiger partial charge in [-0.15, -0.1) is 10.2 Å². The number of aromatic amines is 1. The highest BCUT2D eigenvalue weighted by Gasteiger charge is 2.20. The Balaban J connectivity index is 1.63. The minimum atomic E-state index is -0.703. The van der Waals surface area contributed by atoms with Gasteiger partial charge in [0.1, 0.15) is 23.6 Å². The van der Waals surface area contributed by atoms with E-state index in [2.05, 4.69) is 44.6 Å². The first kappa shape index (κ1) is 18.8. The fraction of sp³-hybridized carbons (Fsp3) is 0.316. The summed E-state index contributed by atoms with van der Waals surface area (Å²) in [7, 11) is 0. The van der Waals surface area contributed by atoms with Crippen LogP contribution in [-0.4, -0.2) is 38.0 Å². The predicted molar refractivity (Wildman–Crippen MR) is 103 cm³/mol. The summed E-state index contributed by atoms with van der Waals surface area (Å²) in [4.78, 5) is 7.15. The number of hydrogen-bond acceptors (Lipinski definition) is 6. The van der Waals surface area contributed by atoms with E-state index in [4.69, 9.17) is 0 Å². The Kier molecular flexibility index (Phi) is 5.36. The second-order valence-electron chi connectivity index (χ2n) is 7.01. The maximum atomic E-state index is 13.1. The standard InChI is InChI=1S/C19H23FN6O/c1-12(27)23-18-21-10-16(24-18)15-8-9-17(26-25-15)22-11-19(2,3)13-4-6-14(20)7-5-13/h4-10,12,27H,11H2,1-3H3,(H,22,26)(H2,21,23,24). The van der Waals surface area contributed by atoms with E-state index in [9.17, 15) is 9.50 Å². The zero-order valence-corrected chi connectivity index (χ0v) is 15.5. The molecular formula is C19H23FN6O. The number of imidazole rings is 1. The van der Waals surface area contributed by atoms with E-state index in [-0.39, 0.29) is 11.2 Å². The number of aliphatic hydroxyl groups excluding tert-OH is 1. The Morgan fingerprint density at radius 3 is 2.52 bits per heavy atom. The molecule has 1 atom stereocenters. The van der Waals surface area contributed by atoms with E-state index in [0.717, 1.165) is 5.56 Å². The summed E-state index contributed by atoms with van der Waals surface area (Å²) in [5.41, 5.74) is 2.18. The summed E-state index contributed by atoms with van der Waals surface area (Å²) in [6, 6.07) is 10.2. The number of anilines is 2. The van der Waals surface area contributed by atoms with Crippen LogP contribution in [0.4, 0.5) is 16.2 Å². The van der Waals surface area contributed by atoms with Gasteiger partial charge in [0, 0.05) is 12.0 Å². The van der Waals surface area contributed by atoms with Crippen molar-refractivity contribution in [3.05, 3.63) is 54.0 Å². The van der Waals surface area contributed by atoms with Crippen LogP contribution in [0.15, 0.2) is 42.6 Å². The Morgan fingerprint density at radius 1 is 1.15 bits per heavy atom. The van der Waals surface area contributed by atoms with Crippen LogP contribution in [0.5, 0.6) is 0 Å². The molecule has 8 heteroatoms. The smallest absolute Gasteiger partial charge is 0.202 e. The monoisotopic (exact) mass is 370 g/mol. The Morgan fingerprint density at radius 2 is 1.89 bits per heavy atom. The second-order valence-corrected chi connectivity index (χ2v) is 7.01. The Labute approximate surface area is 157 Å². The van der Waals surface area contributed by atoms with E-state index in [1.165, 1.54) is 12.1 Å². The summed E-state index contributed by atoms with van der Waals surface area (Å²) in [5.74, 6) is 0.871. The third-order valence-corrected chi connectivity index (χ3v) is 4.20. The lowest BCUT2D eigenvalue weighted by atomic mass is 9.84. The van der Waals surface area contributed by atoms with Crippen LogP contribution in [0.3, 0.4) is 0 Å². The topological polar surface area (TPSA) is 98.8 Å². The lowest BCUT2D eigenvalue weighted by Gasteiger charge is -2.25. The SMILES string of the molecule is CC(O)Nc1ncc(-c2ccc(NCC(C)(C)c3ccc(F)cc3)nn2)[nH]1. The van der Waals surface area contributed by atoms with Crippen molar-refractivity contribution in [2.24, 2.45) is 0 Å². The summed E-state index contributed by atoms with van der Waals surface area (Å²) in [6.07, 6.45) is 0.922. The number of nitrogens with zero attached hydrogens (tertiary/aromatic N) is 3. The van der Waals surface area contributed by atoms with Crippen LogP contribution in [0, 0.1) is 5.82 Å². The molecule has 27 heavy (non-hydrogen) atoms. The van der Waals surface area contributed by atoms with Crippen molar-refractivity contribution in [3.63, 3.8) is 0 Å². The number of hydrogen-bond donors (Lipinski definition) is 4. The van der Waals surface area contributed by atoms with Crippen LogP contribution < -0.4 is 10.6 Å². The number of nitrogens with one attached hydrogen (secondary N) is 3. The number of rotatable bonds is 7. The minimum Gasteiger partial charge on any atom is -0.374 e. The van der Waals surface area contributed by atoms with E-state index in [1.54, 1.807) is 25.3 Å². The van der Waals surface area contributed by atoms with Crippen molar-refractivity contribution in [1.29, 1.82) is 0 Å². The van der Waals surface area contributed by atoms with Gasteiger partial charge in [-0.2, -0.15) is 0 Å². The first-order valence-corrected chi connectivity index (χ1v) is 8.67. The maximum absolute atomic E-state index is 13.1. The zero-order valence-electron chi connectivity index (χ0n) is 15.5. The van der Waals surface area contributed by atoms with Gasteiger partial charge in [-0.1, -0.05) is 26.0 Å². The van der Waals surface area contributed by atoms with Gasteiger partial charge in [0.05, 0.1) is 11.9 Å². The molecule has 0 bridgehead atoms. The van der Waals surface area contributed by atoms with Crippen molar-refractivity contribution < 1.29 is 9.50 Å². The first-order valence-electron chi connectivity index (χ1n) is 8.67. The summed E-state index contributed by atoms with van der Waals surface area (Å²) in [6.45, 7) is 6.39. The van der Waals surface area contributed by atoms with Gasteiger partial charge in [-0.3, -0.25) is 0 Å². The molecular weight excluding hydrogens is 347 g/mol. The number of benzene rings is 1. The summed E-state index contributed by atoms with van der Waals surface area (Å²) < 4.78 is 13.1. The molecule has 0 spiro atoms. The maximum Gasteiger partial charge on any atom is 0.202 e. The van der Waals surface area contributed by atoms with E-state index in [0.29, 0.717) is 29.7 Å². The highest BCUT2D eigenvalue weighted by atomic mass is 19.1. The average Bonchev–Trinajstić information content (AvgIpc) is 3.08. The van der Waals surface area contributed by atoms with Gasteiger partial charge in [0.15, 0.2) is 0 Å². The average molecular weight is 370 g/mol. The Hall–Kier alpha value is -3.00. The minimum absolute atomic E-state index is 0.195. The zero-order chi connectivity index (χ0) is 19.4. The lowest BCUT2D eigenvalue weighted by molar-refractivity contribution is 0.223. The fourth-order valence-electron chi connectivity index (χ4n) is 2.61. The van der Waals surface area contributed by atoms with Crippen LogP contribution >= 0.6 is 0 Å². The summed E-state index contributed by atoms with van der Waals surface area (Å²) >= 11 is 0. The molecule has 1 unspecified atom stereocenters. The van der Waals surface area contributed by atoms with Gasteiger partial charge in [-0.25, -0.2) is 9.37 Å². The first-order chi connectivity index (χ1) is 12.8. The molecule has 0 fully saturated rings. The molecule has 0 amide bonds. The highest BCUT2D eigenvalue weighted by molar-refractivity contribution is 5.56. The van der Waals surface area contributed by atoms with Gasteiger partial charge >= 0.3 is 0 Å². The van der Waals surface area contributed by atoms with Crippen molar-refractivity contribution in [3.8, 4) is 11.4 Å². The van der Waals surface area contributed by atoms with Crippen molar-refractivity contribution in [2.75, 3.05) is 17.2 Å². The third-order valence-electron chi connectivity index (χ3n) is 4.20. The fourth-order valence-corrected chi connectivity index (χ4v) is 2.61. The largest absolute Gasteiger partial charge is 0.374 e. The molecule has 7 nitrogen and oxygen atoms in total. The van der Waals surface area contributed by atoms with E-state index >= 15 is 0 Å². The number of aromatic nitrogens is 4. The molecule has 142 valence electrons. The van der Waals surface area contributed by atoms with Gasteiger partial charge in [0.2, 0.25) is 5.95 Å². The van der Waals surface area contributed by atoms with Crippen LogP contribution in [-0.2, 0) is 5.41 Å². The van der Waals surface area contributed by atoms with Crippen LogP contribution in [0.1, 0.15) is 26.3 Å². The normalized spacial score (nSPS) is 12.6. The molecule has 3 rings (SSSR count). The molecule has 0 radical (unpaired) electrons. The third kappa shape index (κ3) is 4.79. The van der Waals surface area contributed by atoms with Gasteiger partial charge < -0.3 is 20.7 Å². The summed E-state index contributed by atoms with van der Waals surface area (Å²) in [5, 5.41) is 23.8. The van der Waals surface area contributed by atoms with Crippen molar-refractivity contribution in [2.45, 2.75) is 32.4 Å². The molecule has 0 saturated heterocycles. The molecule has 0 aliphatic rings. The molecule has 3 aromatic rings. The van der Waals surface area contributed by atoms with Crippen LogP contribution in [0.25, 0.3) is 11.4 Å². The quantitative estimate of drug-likeness (QED) is 0.477. The predicted octanol–water partition coefficient (Wildman–Crippen LogP) is 3.15. The molecule has 4 N–H and O–H groups in total.